The number of hydrogen-bond acceptors (Lipinski definition) is 6. The van der Waals surface area contributed by atoms with Crippen molar-refractivity contribution in [2.45, 2.75) is 6.92 Å². The molecule has 0 atom stereocenters. The van der Waals surface area contributed by atoms with Gasteiger partial charge in [-0.2, -0.15) is 0 Å². The molecule has 0 unspecified atom stereocenters. The number of carbonyl (C=O) groups excluding carboxylic acids is 2. The molecule has 1 aromatic carbocycles. The van der Waals surface area contributed by atoms with Crippen LogP contribution in [0.4, 0.5) is 0 Å². The average molecular weight is 330 g/mol. The Kier molecular flexibility index (Phi) is 4.45. The van der Waals surface area contributed by atoms with Gasteiger partial charge in [-0.15, -0.1) is 10.2 Å². The zero-order valence-electron chi connectivity index (χ0n) is 13.6. The first-order valence-electron chi connectivity index (χ1n) is 7.61. The van der Waals surface area contributed by atoms with Gasteiger partial charge in [0.15, 0.2) is 0 Å². The second-order valence-corrected chi connectivity index (χ2v) is 5.44. The van der Waals surface area contributed by atoms with Crippen molar-refractivity contribution in [3.63, 3.8) is 0 Å². The maximum absolute atomic E-state index is 12.4. The number of aromatic nitrogens is 2. The van der Waals surface area contributed by atoms with E-state index in [2.05, 4.69) is 10.2 Å². The quantitative estimate of drug-likeness (QED) is 0.836. The second-order valence-electron chi connectivity index (χ2n) is 5.44. The molecule has 0 aliphatic carbocycles. The Labute approximate surface area is 139 Å². The van der Waals surface area contributed by atoms with Crippen LogP contribution >= 0.6 is 0 Å². The lowest BCUT2D eigenvalue weighted by Crippen LogP contribution is -2.50. The van der Waals surface area contributed by atoms with E-state index < -0.39 is 0 Å². The molecule has 0 bridgehead atoms. The van der Waals surface area contributed by atoms with Crippen molar-refractivity contribution in [3.8, 4) is 17.2 Å². The number of amides is 2. The first kappa shape index (κ1) is 16.0. The van der Waals surface area contributed by atoms with Gasteiger partial charge in [0.25, 0.3) is 0 Å². The van der Waals surface area contributed by atoms with Crippen LogP contribution in [0.2, 0.25) is 0 Å². The zero-order valence-corrected chi connectivity index (χ0v) is 13.6. The van der Waals surface area contributed by atoms with E-state index >= 15 is 0 Å². The molecule has 2 heterocycles. The van der Waals surface area contributed by atoms with Gasteiger partial charge >= 0.3 is 11.8 Å². The molecule has 2 amide bonds. The number of nitrogens with zero attached hydrogens (tertiary/aromatic N) is 4. The third-order valence-corrected chi connectivity index (χ3v) is 3.96. The third kappa shape index (κ3) is 3.22. The molecule has 1 aromatic heterocycles. The van der Waals surface area contributed by atoms with Crippen LogP contribution in [0, 0.1) is 0 Å². The predicted molar refractivity (Wildman–Crippen MR) is 84.4 cm³/mol. The van der Waals surface area contributed by atoms with Crippen molar-refractivity contribution in [2.24, 2.45) is 0 Å². The number of benzene rings is 1. The van der Waals surface area contributed by atoms with E-state index in [-0.39, 0.29) is 23.6 Å². The van der Waals surface area contributed by atoms with E-state index in [0.29, 0.717) is 31.7 Å². The van der Waals surface area contributed by atoms with Gasteiger partial charge in [0, 0.05) is 38.7 Å². The molecule has 0 radical (unpaired) electrons. The molecule has 0 N–H and O–H groups in total. The summed E-state index contributed by atoms with van der Waals surface area (Å²) in [4.78, 5) is 27.1. The second kappa shape index (κ2) is 6.69. The smallest absolute Gasteiger partial charge is 0.311 e. The molecule has 0 saturated carbocycles. The van der Waals surface area contributed by atoms with Gasteiger partial charge < -0.3 is 19.0 Å². The zero-order chi connectivity index (χ0) is 17.1. The van der Waals surface area contributed by atoms with Gasteiger partial charge in [0.1, 0.15) is 5.75 Å². The summed E-state index contributed by atoms with van der Waals surface area (Å²) in [6, 6.07) is 7.13. The minimum Gasteiger partial charge on any atom is -0.497 e. The van der Waals surface area contributed by atoms with Gasteiger partial charge in [-0.3, -0.25) is 9.59 Å². The summed E-state index contributed by atoms with van der Waals surface area (Å²) < 4.78 is 10.6. The molecule has 24 heavy (non-hydrogen) atoms. The Morgan fingerprint density at radius 1 is 1.04 bits per heavy atom. The molecule has 8 nitrogen and oxygen atoms in total. The van der Waals surface area contributed by atoms with E-state index in [4.69, 9.17) is 9.15 Å². The maximum atomic E-state index is 12.4. The minimum atomic E-state index is -0.314. The van der Waals surface area contributed by atoms with Crippen LogP contribution in [0.3, 0.4) is 0 Å². The normalized spacial score (nSPS) is 14.6. The van der Waals surface area contributed by atoms with Crippen LogP contribution in [0.5, 0.6) is 5.75 Å². The monoisotopic (exact) mass is 330 g/mol. The van der Waals surface area contributed by atoms with Crippen LogP contribution in [0.1, 0.15) is 17.6 Å². The van der Waals surface area contributed by atoms with Crippen molar-refractivity contribution in [2.75, 3.05) is 33.3 Å². The number of piperazine rings is 1. The molecule has 1 aliphatic heterocycles. The first-order chi connectivity index (χ1) is 11.6. The Hall–Kier alpha value is -2.90. The summed E-state index contributed by atoms with van der Waals surface area (Å²) in [5, 5.41) is 7.78. The van der Waals surface area contributed by atoms with E-state index in [1.54, 1.807) is 41.2 Å². The van der Waals surface area contributed by atoms with Gasteiger partial charge in [0.2, 0.25) is 11.8 Å². The molecular formula is C16H18N4O4. The largest absolute Gasteiger partial charge is 0.497 e. The summed E-state index contributed by atoms with van der Waals surface area (Å²) in [5.41, 5.74) is 0.712. The molecule has 1 saturated heterocycles. The van der Waals surface area contributed by atoms with E-state index in [9.17, 15) is 9.59 Å². The summed E-state index contributed by atoms with van der Waals surface area (Å²) in [5.74, 6) is 0.658. The molecule has 8 heteroatoms. The van der Waals surface area contributed by atoms with E-state index in [1.165, 1.54) is 6.92 Å². The fourth-order valence-electron chi connectivity index (χ4n) is 2.52. The molecule has 1 fully saturated rings. The van der Waals surface area contributed by atoms with E-state index in [1.807, 2.05) is 0 Å². The SMILES string of the molecule is COc1ccc(-c2nnc(C(=O)N3CCN(C(C)=O)CC3)o2)cc1. The van der Waals surface area contributed by atoms with Crippen molar-refractivity contribution < 1.29 is 18.7 Å². The number of rotatable bonds is 3. The van der Waals surface area contributed by atoms with Gasteiger partial charge in [-0.25, -0.2) is 0 Å². The third-order valence-electron chi connectivity index (χ3n) is 3.96. The Morgan fingerprint density at radius 2 is 1.67 bits per heavy atom. The highest BCUT2D eigenvalue weighted by Crippen LogP contribution is 2.21. The summed E-state index contributed by atoms with van der Waals surface area (Å²) in [7, 11) is 1.59. The number of methoxy groups -OCH3 is 1. The lowest BCUT2D eigenvalue weighted by molar-refractivity contribution is -0.130. The molecule has 1 aliphatic rings. The van der Waals surface area contributed by atoms with Crippen LogP contribution in [0.25, 0.3) is 11.5 Å². The maximum Gasteiger partial charge on any atom is 0.311 e. The summed E-state index contributed by atoms with van der Waals surface area (Å²) in [6.07, 6.45) is 0. The van der Waals surface area contributed by atoms with Crippen LogP contribution < -0.4 is 4.74 Å². The Morgan fingerprint density at radius 3 is 2.25 bits per heavy atom. The van der Waals surface area contributed by atoms with Gasteiger partial charge in [0.05, 0.1) is 7.11 Å². The lowest BCUT2D eigenvalue weighted by Gasteiger charge is -2.33. The van der Waals surface area contributed by atoms with Crippen molar-refractivity contribution in [3.05, 3.63) is 30.2 Å². The molecule has 3 rings (SSSR count). The summed E-state index contributed by atoms with van der Waals surface area (Å²) >= 11 is 0. The topological polar surface area (TPSA) is 88.8 Å². The van der Waals surface area contributed by atoms with Gasteiger partial charge in [-0.05, 0) is 24.3 Å². The molecule has 126 valence electrons. The van der Waals surface area contributed by atoms with Crippen LogP contribution in [0.15, 0.2) is 28.7 Å². The molecular weight excluding hydrogens is 312 g/mol. The van der Waals surface area contributed by atoms with Crippen molar-refractivity contribution in [1.29, 1.82) is 0 Å². The highest BCUT2D eigenvalue weighted by molar-refractivity contribution is 5.90. The van der Waals surface area contributed by atoms with Crippen LogP contribution in [-0.4, -0.2) is 65.1 Å². The standard InChI is InChI=1S/C16H18N4O4/c1-11(21)19-7-9-20(10-8-19)16(22)15-18-17-14(24-15)12-3-5-13(23-2)6-4-12/h3-6H,7-10H2,1-2H3. The fraction of sp³-hybridized carbons (Fsp3) is 0.375. The molecule has 2 aromatic rings. The van der Waals surface area contributed by atoms with Crippen molar-refractivity contribution in [1.82, 2.24) is 20.0 Å². The Bertz CT molecular complexity index is 733. The number of carbonyl (C=O) groups is 2. The highest BCUT2D eigenvalue weighted by atomic mass is 16.5. The minimum absolute atomic E-state index is 0.0154. The van der Waals surface area contributed by atoms with Crippen LogP contribution in [-0.2, 0) is 4.79 Å². The van der Waals surface area contributed by atoms with E-state index in [0.717, 1.165) is 5.75 Å². The van der Waals surface area contributed by atoms with Gasteiger partial charge in [-0.1, -0.05) is 0 Å². The van der Waals surface area contributed by atoms with Crippen molar-refractivity contribution >= 4 is 11.8 Å². The average Bonchev–Trinajstić information content (AvgIpc) is 3.11. The fourth-order valence-corrected chi connectivity index (χ4v) is 2.52. The number of hydrogen-bond donors (Lipinski definition) is 0. The summed E-state index contributed by atoms with van der Waals surface area (Å²) in [6.45, 7) is 3.47. The predicted octanol–water partition coefficient (Wildman–Crippen LogP) is 1.05. The first-order valence-corrected chi connectivity index (χ1v) is 7.61. The number of ether oxygens (including phenoxy) is 1. The lowest BCUT2D eigenvalue weighted by atomic mass is 10.2. The Balaban J connectivity index is 1.68. The molecule has 0 spiro atoms. The highest BCUT2D eigenvalue weighted by Gasteiger charge is 2.27.